The van der Waals surface area contributed by atoms with Crippen LogP contribution in [0.5, 0.6) is 0 Å². The summed E-state index contributed by atoms with van der Waals surface area (Å²) in [4.78, 5) is 13.9. The van der Waals surface area contributed by atoms with Gasteiger partial charge in [0, 0.05) is 4.47 Å². The highest BCUT2D eigenvalue weighted by Gasteiger charge is 2.40. The number of hydrogen-bond acceptors (Lipinski definition) is 4. The third-order valence-electron chi connectivity index (χ3n) is 1.90. The Morgan fingerprint density at radius 2 is 2.11 bits per heavy atom. The second-order valence-electron chi connectivity index (χ2n) is 3.10. The van der Waals surface area contributed by atoms with Crippen molar-refractivity contribution in [3.8, 4) is 9.88 Å². The molecule has 0 bridgehead atoms. The lowest BCUT2D eigenvalue weighted by Crippen LogP contribution is -2.11. The maximum atomic E-state index is 12.6. The van der Waals surface area contributed by atoms with E-state index >= 15 is 0 Å². The number of thiophene rings is 1. The molecule has 9 heteroatoms. The molecule has 2 aromatic heterocycles. The SMILES string of the molecule is O=C(O)c1sc(-c2sccc2Br)nc1C(F)(F)F. The van der Waals surface area contributed by atoms with Crippen molar-refractivity contribution in [1.29, 1.82) is 0 Å². The van der Waals surface area contributed by atoms with E-state index in [0.717, 1.165) is 0 Å². The molecule has 2 aromatic rings. The highest BCUT2D eigenvalue weighted by atomic mass is 79.9. The van der Waals surface area contributed by atoms with E-state index in [1.807, 2.05) is 0 Å². The number of halogens is 4. The van der Waals surface area contributed by atoms with E-state index in [4.69, 9.17) is 5.11 Å². The molecule has 1 N–H and O–H groups in total. The van der Waals surface area contributed by atoms with Crippen LogP contribution in [0.4, 0.5) is 13.2 Å². The van der Waals surface area contributed by atoms with E-state index in [1.54, 1.807) is 11.4 Å². The fraction of sp³-hybridized carbons (Fsp3) is 0.111. The van der Waals surface area contributed by atoms with Crippen molar-refractivity contribution < 1.29 is 23.1 Å². The maximum absolute atomic E-state index is 12.6. The standard InChI is InChI=1S/C9H3BrF3NO2S2/c10-3-1-2-17-4(3)7-14-6(9(11,12)13)5(18-7)8(15)16/h1-2H,(H,15,16). The monoisotopic (exact) mass is 357 g/mol. The first-order chi connectivity index (χ1) is 8.30. The molecule has 3 nitrogen and oxygen atoms in total. The predicted molar refractivity (Wildman–Crippen MR) is 65.1 cm³/mol. The summed E-state index contributed by atoms with van der Waals surface area (Å²) in [6.45, 7) is 0. The van der Waals surface area contributed by atoms with Gasteiger partial charge in [-0.25, -0.2) is 9.78 Å². The molecule has 2 heterocycles. The number of alkyl halides is 3. The first-order valence-corrected chi connectivity index (χ1v) is 6.84. The molecular weight excluding hydrogens is 355 g/mol. The second kappa shape index (κ2) is 4.63. The summed E-state index contributed by atoms with van der Waals surface area (Å²) >= 11 is 4.88. The molecule has 0 saturated carbocycles. The lowest BCUT2D eigenvalue weighted by atomic mass is 10.3. The summed E-state index contributed by atoms with van der Waals surface area (Å²) in [5.74, 6) is -1.63. The smallest absolute Gasteiger partial charge is 0.435 e. The Hall–Kier alpha value is -0.930. The molecule has 0 aliphatic carbocycles. The first kappa shape index (κ1) is 13.5. The Balaban J connectivity index is 2.60. The van der Waals surface area contributed by atoms with Crippen LogP contribution in [0.1, 0.15) is 15.4 Å². The van der Waals surface area contributed by atoms with E-state index in [1.165, 1.54) is 11.3 Å². The fourth-order valence-electron chi connectivity index (χ4n) is 1.20. The Labute approximate surface area is 115 Å². The van der Waals surface area contributed by atoms with Gasteiger partial charge in [0.25, 0.3) is 0 Å². The number of hydrogen-bond donors (Lipinski definition) is 1. The van der Waals surface area contributed by atoms with Gasteiger partial charge in [-0.05, 0) is 27.4 Å². The Kier molecular flexibility index (Phi) is 3.47. The summed E-state index contributed by atoms with van der Waals surface area (Å²) in [6, 6.07) is 1.66. The van der Waals surface area contributed by atoms with Crippen LogP contribution < -0.4 is 0 Å². The highest BCUT2D eigenvalue weighted by molar-refractivity contribution is 9.10. The molecular formula is C9H3BrF3NO2S2. The molecule has 0 unspecified atom stereocenters. The van der Waals surface area contributed by atoms with Crippen LogP contribution in [0.25, 0.3) is 9.88 Å². The Morgan fingerprint density at radius 1 is 1.44 bits per heavy atom. The molecule has 96 valence electrons. The van der Waals surface area contributed by atoms with Gasteiger partial charge < -0.3 is 5.11 Å². The van der Waals surface area contributed by atoms with Crippen LogP contribution >= 0.6 is 38.6 Å². The molecule has 2 rings (SSSR count). The van der Waals surface area contributed by atoms with Crippen LogP contribution in [-0.4, -0.2) is 16.1 Å². The molecule has 18 heavy (non-hydrogen) atoms. The van der Waals surface area contributed by atoms with Crippen molar-refractivity contribution in [3.05, 3.63) is 26.5 Å². The number of carbonyl (C=O) groups is 1. The van der Waals surface area contributed by atoms with Gasteiger partial charge in [0.2, 0.25) is 0 Å². The van der Waals surface area contributed by atoms with Crippen molar-refractivity contribution in [1.82, 2.24) is 4.98 Å². The first-order valence-electron chi connectivity index (χ1n) is 4.35. The summed E-state index contributed by atoms with van der Waals surface area (Å²) in [5, 5.41) is 10.5. The third kappa shape index (κ3) is 2.43. The largest absolute Gasteiger partial charge is 0.477 e. The fourth-order valence-corrected chi connectivity index (χ4v) is 3.92. The maximum Gasteiger partial charge on any atom is 0.435 e. The Bertz CT molecular complexity index is 605. The lowest BCUT2D eigenvalue weighted by Gasteiger charge is -2.02. The molecule has 0 aliphatic heterocycles. The molecule has 0 spiro atoms. The minimum Gasteiger partial charge on any atom is -0.477 e. The Morgan fingerprint density at radius 3 is 2.50 bits per heavy atom. The predicted octanol–water partition coefficient (Wildman–Crippen LogP) is 4.35. The molecule has 0 saturated heterocycles. The van der Waals surface area contributed by atoms with Gasteiger partial charge in [0.05, 0.1) is 4.88 Å². The minimum atomic E-state index is -4.77. The van der Waals surface area contributed by atoms with Crippen molar-refractivity contribution in [2.45, 2.75) is 6.18 Å². The van der Waals surface area contributed by atoms with Crippen LogP contribution in [0.3, 0.4) is 0 Å². The second-order valence-corrected chi connectivity index (χ2v) is 5.87. The molecule has 0 atom stereocenters. The van der Waals surface area contributed by atoms with Gasteiger partial charge in [0.1, 0.15) is 9.88 Å². The van der Waals surface area contributed by atoms with E-state index in [2.05, 4.69) is 20.9 Å². The number of carboxylic acid groups (broad SMARTS) is 1. The van der Waals surface area contributed by atoms with E-state index < -0.39 is 22.7 Å². The van der Waals surface area contributed by atoms with Gasteiger partial charge in [-0.3, -0.25) is 0 Å². The van der Waals surface area contributed by atoms with Crippen molar-refractivity contribution >= 4 is 44.6 Å². The van der Waals surface area contributed by atoms with Gasteiger partial charge in [-0.1, -0.05) is 0 Å². The number of nitrogens with zero attached hydrogens (tertiary/aromatic N) is 1. The number of thiazole rings is 1. The van der Waals surface area contributed by atoms with E-state index in [-0.39, 0.29) is 5.01 Å². The van der Waals surface area contributed by atoms with Crippen LogP contribution in [0.2, 0.25) is 0 Å². The number of aromatic carboxylic acids is 1. The summed E-state index contributed by atoms with van der Waals surface area (Å²) in [7, 11) is 0. The normalized spacial score (nSPS) is 11.8. The average molecular weight is 358 g/mol. The lowest BCUT2D eigenvalue weighted by molar-refractivity contribution is -0.141. The van der Waals surface area contributed by atoms with Gasteiger partial charge >= 0.3 is 12.1 Å². The zero-order valence-corrected chi connectivity index (χ0v) is 11.5. The molecule has 0 amide bonds. The van der Waals surface area contributed by atoms with Crippen molar-refractivity contribution in [3.63, 3.8) is 0 Å². The topological polar surface area (TPSA) is 50.2 Å². The minimum absolute atomic E-state index is 0.0431. The molecule has 0 aromatic carbocycles. The van der Waals surface area contributed by atoms with E-state index in [0.29, 0.717) is 20.7 Å². The summed E-state index contributed by atoms with van der Waals surface area (Å²) in [5.41, 5.74) is -1.35. The molecule has 0 fully saturated rings. The number of carboxylic acids is 1. The van der Waals surface area contributed by atoms with Gasteiger partial charge in [-0.2, -0.15) is 13.2 Å². The number of aromatic nitrogens is 1. The van der Waals surface area contributed by atoms with Crippen LogP contribution in [-0.2, 0) is 6.18 Å². The van der Waals surface area contributed by atoms with Crippen LogP contribution in [0, 0.1) is 0 Å². The van der Waals surface area contributed by atoms with Crippen molar-refractivity contribution in [2.75, 3.05) is 0 Å². The zero-order chi connectivity index (χ0) is 13.5. The zero-order valence-electron chi connectivity index (χ0n) is 8.29. The van der Waals surface area contributed by atoms with Gasteiger partial charge in [-0.15, -0.1) is 22.7 Å². The average Bonchev–Trinajstić information content (AvgIpc) is 2.81. The molecule has 0 radical (unpaired) electrons. The third-order valence-corrected chi connectivity index (χ3v) is 4.94. The summed E-state index contributed by atoms with van der Waals surface area (Å²) < 4.78 is 38.5. The van der Waals surface area contributed by atoms with Crippen LogP contribution in [0.15, 0.2) is 15.9 Å². The quantitative estimate of drug-likeness (QED) is 0.868. The van der Waals surface area contributed by atoms with Crippen molar-refractivity contribution in [2.24, 2.45) is 0 Å². The summed E-state index contributed by atoms with van der Waals surface area (Å²) in [6.07, 6.45) is -4.77. The molecule has 0 aliphatic rings. The van der Waals surface area contributed by atoms with E-state index in [9.17, 15) is 18.0 Å². The highest BCUT2D eigenvalue weighted by Crippen LogP contribution is 2.41. The van der Waals surface area contributed by atoms with Gasteiger partial charge in [0.15, 0.2) is 5.69 Å². The number of rotatable bonds is 2.